The van der Waals surface area contributed by atoms with Gasteiger partial charge < -0.3 is 9.47 Å². The van der Waals surface area contributed by atoms with E-state index in [1.807, 2.05) is 42.3 Å². The maximum Gasteiger partial charge on any atom is 0.219 e. The summed E-state index contributed by atoms with van der Waals surface area (Å²) in [7, 11) is 0. The number of nitriles is 1. The highest BCUT2D eigenvalue weighted by Crippen LogP contribution is 2.33. The zero-order chi connectivity index (χ0) is 27.9. The van der Waals surface area contributed by atoms with Crippen LogP contribution in [0.25, 0.3) is 0 Å². The summed E-state index contributed by atoms with van der Waals surface area (Å²) in [5.74, 6) is 1.40. The van der Waals surface area contributed by atoms with Crippen LogP contribution in [-0.4, -0.2) is 44.9 Å². The van der Waals surface area contributed by atoms with Crippen molar-refractivity contribution in [1.82, 2.24) is 19.4 Å². The van der Waals surface area contributed by atoms with Crippen LogP contribution in [0.1, 0.15) is 59.6 Å². The zero-order valence-electron chi connectivity index (χ0n) is 23.4. The number of amides is 1. The molecule has 0 aliphatic carbocycles. The molecule has 40 heavy (non-hydrogen) atoms. The van der Waals surface area contributed by atoms with E-state index in [1.54, 1.807) is 6.92 Å². The minimum atomic E-state index is 0.0866. The summed E-state index contributed by atoms with van der Waals surface area (Å²) in [6, 6.07) is 31.5. The molecule has 2 heterocycles. The molecule has 204 valence electrons. The fourth-order valence-electron chi connectivity index (χ4n) is 5.90. The normalized spacial score (nSPS) is 15.6. The van der Waals surface area contributed by atoms with Gasteiger partial charge in [0.2, 0.25) is 5.91 Å². The predicted molar refractivity (Wildman–Crippen MR) is 157 cm³/mol. The second-order valence-corrected chi connectivity index (χ2v) is 10.8. The van der Waals surface area contributed by atoms with Crippen molar-refractivity contribution in [2.75, 3.05) is 19.6 Å². The Morgan fingerprint density at radius 1 is 1.02 bits per heavy atom. The number of hydrogen-bond acceptors (Lipinski definition) is 4. The van der Waals surface area contributed by atoms with Crippen molar-refractivity contribution in [1.29, 1.82) is 5.26 Å². The molecule has 6 heteroatoms. The highest BCUT2D eigenvalue weighted by molar-refractivity contribution is 5.73. The van der Waals surface area contributed by atoms with Crippen LogP contribution in [0.15, 0.2) is 91.1 Å². The molecule has 6 nitrogen and oxygen atoms in total. The third-order valence-electron chi connectivity index (χ3n) is 7.98. The quantitative estimate of drug-likeness (QED) is 0.267. The van der Waals surface area contributed by atoms with Crippen LogP contribution < -0.4 is 0 Å². The van der Waals surface area contributed by atoms with Crippen LogP contribution in [0.4, 0.5) is 0 Å². The summed E-state index contributed by atoms with van der Waals surface area (Å²) in [6.45, 7) is 7.57. The van der Waals surface area contributed by atoms with Crippen LogP contribution >= 0.6 is 0 Å². The van der Waals surface area contributed by atoms with E-state index in [0.29, 0.717) is 24.6 Å². The summed E-state index contributed by atoms with van der Waals surface area (Å²) in [6.07, 6.45) is 4.12. The van der Waals surface area contributed by atoms with E-state index >= 15 is 0 Å². The molecule has 0 saturated carbocycles. The zero-order valence-corrected chi connectivity index (χ0v) is 23.4. The summed E-state index contributed by atoms with van der Waals surface area (Å²) in [5, 5.41) is 9.12. The average molecular weight is 532 g/mol. The molecule has 0 bridgehead atoms. The number of piperidine rings is 1. The van der Waals surface area contributed by atoms with E-state index in [-0.39, 0.29) is 11.9 Å². The highest BCUT2D eigenvalue weighted by atomic mass is 16.2. The minimum absolute atomic E-state index is 0.0866. The maximum atomic E-state index is 12.9. The van der Waals surface area contributed by atoms with Gasteiger partial charge in [-0.15, -0.1) is 0 Å². The van der Waals surface area contributed by atoms with Crippen LogP contribution in [0, 0.1) is 24.2 Å². The van der Waals surface area contributed by atoms with E-state index in [2.05, 4.69) is 81.2 Å². The molecular weight excluding hydrogens is 494 g/mol. The van der Waals surface area contributed by atoms with E-state index in [4.69, 9.17) is 5.26 Å². The molecule has 5 rings (SSSR count). The van der Waals surface area contributed by atoms with E-state index in [9.17, 15) is 4.79 Å². The van der Waals surface area contributed by atoms with Crippen molar-refractivity contribution in [2.45, 2.75) is 45.8 Å². The maximum absolute atomic E-state index is 12.9. The van der Waals surface area contributed by atoms with Gasteiger partial charge in [0.25, 0.3) is 0 Å². The fourth-order valence-corrected chi connectivity index (χ4v) is 5.90. The molecule has 3 aromatic carbocycles. The Balaban J connectivity index is 1.31. The molecule has 1 atom stereocenters. The number of carbonyl (C=O) groups excluding carboxylic acids is 1. The standard InChI is InChI=1S/C34H37N5O/c1-26-36-21-33(39(26)24-29-17-15-28(20-35)16-18-29)25-38(27(2)40)23-30-10-9-19-37(22-30)34(31-11-5-3-6-12-31)32-13-7-4-8-14-32/h3-8,11-18,21,30,34H,9-10,19,22-25H2,1-2H3/t30-/m0/s1. The second kappa shape index (κ2) is 12.8. The summed E-state index contributed by atoms with van der Waals surface area (Å²) in [4.78, 5) is 22.0. The van der Waals surface area contributed by atoms with Gasteiger partial charge in [-0.1, -0.05) is 72.8 Å². The lowest BCUT2D eigenvalue weighted by molar-refractivity contribution is -0.130. The van der Waals surface area contributed by atoms with Gasteiger partial charge in [0.15, 0.2) is 0 Å². The smallest absolute Gasteiger partial charge is 0.219 e. The Labute approximate surface area is 237 Å². The topological polar surface area (TPSA) is 65.2 Å². The minimum Gasteiger partial charge on any atom is -0.337 e. The van der Waals surface area contributed by atoms with Gasteiger partial charge in [-0.2, -0.15) is 5.26 Å². The molecular formula is C34H37N5O. The third kappa shape index (κ3) is 6.50. The number of hydrogen-bond donors (Lipinski definition) is 0. The Morgan fingerprint density at radius 3 is 2.27 bits per heavy atom. The van der Waals surface area contributed by atoms with Crippen molar-refractivity contribution < 1.29 is 4.79 Å². The first-order valence-electron chi connectivity index (χ1n) is 14.1. The number of likely N-dealkylation sites (tertiary alicyclic amines) is 1. The number of benzene rings is 3. The molecule has 1 fully saturated rings. The number of aryl methyl sites for hydroxylation is 1. The van der Waals surface area contributed by atoms with Gasteiger partial charge in [-0.3, -0.25) is 9.69 Å². The van der Waals surface area contributed by atoms with Crippen LogP contribution in [0.2, 0.25) is 0 Å². The van der Waals surface area contributed by atoms with Gasteiger partial charge in [0.05, 0.1) is 36.1 Å². The molecule has 1 aliphatic heterocycles. The lowest BCUT2D eigenvalue weighted by Crippen LogP contribution is -2.44. The number of nitrogens with zero attached hydrogens (tertiary/aromatic N) is 5. The Morgan fingerprint density at radius 2 is 1.68 bits per heavy atom. The molecule has 0 N–H and O–H groups in total. The second-order valence-electron chi connectivity index (χ2n) is 10.8. The van der Waals surface area contributed by atoms with Gasteiger partial charge >= 0.3 is 0 Å². The lowest BCUT2D eigenvalue weighted by atomic mass is 9.91. The number of rotatable bonds is 9. The Bertz CT molecular complexity index is 1400. The first-order chi connectivity index (χ1) is 19.5. The van der Waals surface area contributed by atoms with Gasteiger partial charge in [0, 0.05) is 26.6 Å². The predicted octanol–water partition coefficient (Wildman–Crippen LogP) is 5.96. The third-order valence-corrected chi connectivity index (χ3v) is 7.98. The molecule has 4 aromatic rings. The van der Waals surface area contributed by atoms with Crippen molar-refractivity contribution in [3.63, 3.8) is 0 Å². The molecule has 0 spiro atoms. The summed E-state index contributed by atoms with van der Waals surface area (Å²) >= 11 is 0. The van der Waals surface area contributed by atoms with Crippen LogP contribution in [0.3, 0.4) is 0 Å². The fraction of sp³-hybridized carbons (Fsp3) is 0.324. The molecule has 1 saturated heterocycles. The summed E-state index contributed by atoms with van der Waals surface area (Å²) < 4.78 is 2.17. The largest absolute Gasteiger partial charge is 0.337 e. The number of carbonyl (C=O) groups is 1. The Kier molecular flexibility index (Phi) is 8.73. The number of aromatic nitrogens is 2. The monoisotopic (exact) mass is 531 g/mol. The van der Waals surface area contributed by atoms with E-state index in [1.165, 1.54) is 11.1 Å². The molecule has 1 aliphatic rings. The summed E-state index contributed by atoms with van der Waals surface area (Å²) in [5.41, 5.74) is 5.39. The molecule has 0 unspecified atom stereocenters. The van der Waals surface area contributed by atoms with Crippen molar-refractivity contribution in [2.24, 2.45) is 5.92 Å². The van der Waals surface area contributed by atoms with Crippen molar-refractivity contribution in [3.8, 4) is 6.07 Å². The van der Waals surface area contributed by atoms with Gasteiger partial charge in [-0.25, -0.2) is 4.98 Å². The Hall–Kier alpha value is -4.21. The first kappa shape index (κ1) is 27.4. The molecule has 0 radical (unpaired) electrons. The van der Waals surface area contributed by atoms with E-state index < -0.39 is 0 Å². The van der Waals surface area contributed by atoms with Gasteiger partial charge in [0.1, 0.15) is 5.82 Å². The van der Waals surface area contributed by atoms with Crippen LogP contribution in [-0.2, 0) is 17.9 Å². The molecule has 1 amide bonds. The highest BCUT2D eigenvalue weighted by Gasteiger charge is 2.30. The van der Waals surface area contributed by atoms with Crippen molar-refractivity contribution in [3.05, 3.63) is 125 Å². The molecule has 1 aromatic heterocycles. The van der Waals surface area contributed by atoms with E-state index in [0.717, 1.165) is 49.6 Å². The SMILES string of the molecule is CC(=O)N(Cc1cnc(C)n1Cc1ccc(C#N)cc1)C[C@H]1CCCN(C(c2ccccc2)c2ccccc2)C1. The van der Waals surface area contributed by atoms with Crippen molar-refractivity contribution >= 4 is 5.91 Å². The average Bonchev–Trinajstić information content (AvgIpc) is 3.32. The lowest BCUT2D eigenvalue weighted by Gasteiger charge is -2.40. The van der Waals surface area contributed by atoms with Crippen LogP contribution in [0.5, 0.6) is 0 Å². The number of imidazole rings is 1. The van der Waals surface area contributed by atoms with Gasteiger partial charge in [-0.05, 0) is 61.1 Å². The first-order valence-corrected chi connectivity index (χ1v) is 14.1.